The van der Waals surface area contributed by atoms with E-state index in [1.165, 1.54) is 6.92 Å². The van der Waals surface area contributed by atoms with E-state index < -0.39 is 68.2 Å². The molecule has 42 heavy (non-hydrogen) atoms. The fourth-order valence-electron chi connectivity index (χ4n) is 4.43. The molecule has 0 aliphatic carbocycles. The van der Waals surface area contributed by atoms with Crippen molar-refractivity contribution in [2.75, 3.05) is 6.61 Å². The van der Waals surface area contributed by atoms with E-state index in [-0.39, 0.29) is 5.75 Å². The number of aromatic amines is 1. The number of H-pyrrole nitrogens is 1. The number of nitrogens with one attached hydrogen (secondary N) is 2. The van der Waals surface area contributed by atoms with E-state index in [0.29, 0.717) is 0 Å². The van der Waals surface area contributed by atoms with Crippen LogP contribution >= 0.6 is 19.4 Å². The predicted molar refractivity (Wildman–Crippen MR) is 156 cm³/mol. The Bertz CT molecular complexity index is 1510. The van der Waals surface area contributed by atoms with Crippen molar-refractivity contribution >= 4 is 25.4 Å². The first-order chi connectivity index (χ1) is 19.7. The van der Waals surface area contributed by atoms with Crippen molar-refractivity contribution in [3.8, 4) is 16.2 Å². The normalized spacial score (nSPS) is 23.6. The van der Waals surface area contributed by atoms with Gasteiger partial charge in [0.1, 0.15) is 0 Å². The number of nitrogens with zero attached hydrogens (tertiary/aromatic N) is 1. The first-order valence-electron chi connectivity index (χ1n) is 13.2. The minimum atomic E-state index is -4.50. The summed E-state index contributed by atoms with van der Waals surface area (Å²) < 4.78 is 38.9. The van der Waals surface area contributed by atoms with Gasteiger partial charge >= 0.3 is 246 Å². The summed E-state index contributed by atoms with van der Waals surface area (Å²) in [5, 5.41) is 15.4. The van der Waals surface area contributed by atoms with Crippen LogP contribution in [0.25, 0.3) is 10.4 Å². The number of rotatable bonds is 11. The van der Waals surface area contributed by atoms with E-state index in [4.69, 9.17) is 18.5 Å². The second kappa shape index (κ2) is 12.7. The molecule has 1 fully saturated rings. The van der Waals surface area contributed by atoms with Gasteiger partial charge < -0.3 is 0 Å². The van der Waals surface area contributed by atoms with E-state index in [2.05, 4.69) is 5.09 Å². The van der Waals surface area contributed by atoms with Gasteiger partial charge in [-0.3, -0.25) is 0 Å². The molecule has 12 nitrogen and oxygen atoms in total. The van der Waals surface area contributed by atoms with Crippen LogP contribution in [0, 0.1) is 6.92 Å². The third-order valence-corrected chi connectivity index (χ3v) is 9.54. The van der Waals surface area contributed by atoms with Crippen molar-refractivity contribution in [3.63, 3.8) is 0 Å². The zero-order chi connectivity index (χ0) is 30.8. The van der Waals surface area contributed by atoms with Crippen molar-refractivity contribution in [2.45, 2.75) is 70.9 Å². The molecule has 0 saturated carbocycles. The average Bonchev–Trinajstić information content (AvgIpc) is 3.43. The van der Waals surface area contributed by atoms with Crippen molar-refractivity contribution in [3.05, 3.63) is 74.4 Å². The van der Waals surface area contributed by atoms with Gasteiger partial charge in [0.05, 0.1) is 0 Å². The Labute approximate surface area is 245 Å². The molecule has 1 saturated heterocycles. The number of halogens is 1. The Kier molecular flexibility index (Phi) is 9.68. The molecule has 0 spiro atoms. The van der Waals surface area contributed by atoms with Crippen molar-refractivity contribution in [1.29, 1.82) is 0 Å². The number of aliphatic hydroxyl groups excluding tert-OH is 1. The standard InChI is InChI=1S/C27H35FN3O9PS/c1-15(2)38-24(34)17(4)30-41(36,40-19-8-6-18(7-9-19)22-16(3)11-13-42-22)37-14-20-23(33)27(5,28)25(39-20)31-12-10-21(32)29-26(31)35/h6-13,15,17,20,23,25,30,33,36,41H,14H2,1-5H3,(H,29,32,35)/t17-,20+,23+,25+,27+/m0/s1. The topological polar surface area (TPSA) is 161 Å². The summed E-state index contributed by atoms with van der Waals surface area (Å²) >= 11 is 1.58. The molecule has 2 aromatic heterocycles. The molecule has 0 amide bonds. The fourth-order valence-corrected chi connectivity index (χ4v) is 7.07. The molecule has 0 radical (unpaired) electrons. The molecule has 1 aliphatic heterocycles. The average molecular weight is 628 g/mol. The van der Waals surface area contributed by atoms with Crippen molar-refractivity contribution < 1.29 is 37.7 Å². The Morgan fingerprint density at radius 2 is 1.93 bits per heavy atom. The number of benzene rings is 1. The quantitative estimate of drug-likeness (QED) is 0.184. The molecule has 0 bridgehead atoms. The molecular formula is C27H35FN3O9PS. The van der Waals surface area contributed by atoms with Crippen LogP contribution in [0.5, 0.6) is 5.75 Å². The number of aryl methyl sites for hydroxylation is 1. The third kappa shape index (κ3) is 7.14. The number of carbonyl (C=O) groups excluding carboxylic acids is 1. The second-order valence-corrected chi connectivity index (χ2v) is 13.3. The van der Waals surface area contributed by atoms with Crippen LogP contribution in [0.1, 0.15) is 39.5 Å². The number of aromatic nitrogens is 2. The van der Waals surface area contributed by atoms with Gasteiger partial charge in [-0.2, -0.15) is 0 Å². The number of hydrogen-bond acceptors (Lipinski definition) is 11. The maximum atomic E-state index is 15.6. The van der Waals surface area contributed by atoms with Gasteiger partial charge in [-0.1, -0.05) is 0 Å². The first kappa shape index (κ1) is 32.0. The summed E-state index contributed by atoms with van der Waals surface area (Å²) in [5.41, 5.74) is -2.04. The number of carbonyl (C=O) groups is 1. The van der Waals surface area contributed by atoms with E-state index in [9.17, 15) is 24.4 Å². The molecule has 3 aromatic rings. The van der Waals surface area contributed by atoms with Crippen molar-refractivity contribution in [2.24, 2.45) is 0 Å². The van der Waals surface area contributed by atoms with Crippen LogP contribution in [0.4, 0.5) is 4.39 Å². The van der Waals surface area contributed by atoms with Crippen LogP contribution in [0.2, 0.25) is 0 Å². The van der Waals surface area contributed by atoms with Crippen LogP contribution in [-0.4, -0.2) is 62.1 Å². The maximum absolute atomic E-state index is 15.6. The number of thiophene rings is 1. The van der Waals surface area contributed by atoms with Crippen LogP contribution in [0.3, 0.4) is 0 Å². The number of hydrogen-bond donors (Lipinski definition) is 4. The van der Waals surface area contributed by atoms with Crippen LogP contribution in [-0.2, 0) is 18.8 Å². The molecule has 1 aromatic carbocycles. The summed E-state index contributed by atoms with van der Waals surface area (Å²) in [6.45, 7) is 7.26. The first-order valence-corrected chi connectivity index (χ1v) is 15.9. The number of alkyl halides is 1. The molecule has 3 heterocycles. The van der Waals surface area contributed by atoms with Gasteiger partial charge in [0.25, 0.3) is 0 Å². The molecule has 4 N–H and O–H groups in total. The zero-order valence-corrected chi connectivity index (χ0v) is 25.5. The van der Waals surface area contributed by atoms with Crippen LogP contribution in [0.15, 0.2) is 57.6 Å². The molecule has 5 atom stereocenters. The van der Waals surface area contributed by atoms with E-state index in [1.54, 1.807) is 37.3 Å². The fraction of sp³-hybridized carbons (Fsp3) is 0.444. The van der Waals surface area contributed by atoms with Gasteiger partial charge in [-0.15, -0.1) is 0 Å². The number of aliphatic hydroxyl groups is 1. The Morgan fingerprint density at radius 1 is 1.24 bits per heavy atom. The SMILES string of the molecule is Cc1ccsc1-c1ccc(O[PH](O)(N[C@@H](C)C(=O)OC(C)C)OC[C@H]2O[C@@H](n3ccc(=O)[nH]c3=O)[C@](C)(F)[C@@H]2O)cc1. The van der Waals surface area contributed by atoms with Gasteiger partial charge in [0.15, 0.2) is 0 Å². The van der Waals surface area contributed by atoms with Gasteiger partial charge in [-0.25, -0.2) is 0 Å². The summed E-state index contributed by atoms with van der Waals surface area (Å²) in [4.78, 5) is 50.8. The molecular weight excluding hydrogens is 592 g/mol. The van der Waals surface area contributed by atoms with Gasteiger partial charge in [-0.05, 0) is 0 Å². The van der Waals surface area contributed by atoms with Crippen molar-refractivity contribution in [1.82, 2.24) is 14.6 Å². The summed E-state index contributed by atoms with van der Waals surface area (Å²) in [6, 6.07) is 8.84. The van der Waals surface area contributed by atoms with E-state index >= 15 is 4.39 Å². The molecule has 4 rings (SSSR count). The van der Waals surface area contributed by atoms with Gasteiger partial charge in [0.2, 0.25) is 0 Å². The van der Waals surface area contributed by atoms with E-state index in [0.717, 1.165) is 39.8 Å². The van der Waals surface area contributed by atoms with Gasteiger partial charge in [0, 0.05) is 0 Å². The Balaban J connectivity index is 1.54. The summed E-state index contributed by atoms with van der Waals surface area (Å²) in [6.07, 6.45) is -4.13. The summed E-state index contributed by atoms with van der Waals surface area (Å²) in [5.74, 6) is -0.447. The monoisotopic (exact) mass is 627 g/mol. The molecule has 1 aliphatic rings. The van der Waals surface area contributed by atoms with E-state index in [1.807, 2.05) is 35.5 Å². The number of esters is 1. The molecule has 15 heteroatoms. The predicted octanol–water partition coefficient (Wildman–Crippen LogP) is 2.99. The third-order valence-electron chi connectivity index (χ3n) is 6.60. The molecule has 0 unspecified atom stereocenters. The summed E-state index contributed by atoms with van der Waals surface area (Å²) in [7, 11) is -4.50. The number of ether oxygens (including phenoxy) is 2. The minimum absolute atomic E-state index is 0.222. The second-order valence-electron chi connectivity index (χ2n) is 10.4. The Hall–Kier alpha value is -2.97. The zero-order valence-electron chi connectivity index (χ0n) is 23.7. The van der Waals surface area contributed by atoms with Crippen LogP contribution < -0.4 is 20.9 Å². The Morgan fingerprint density at radius 3 is 2.52 bits per heavy atom. The molecule has 230 valence electrons.